The Morgan fingerprint density at radius 1 is 1.35 bits per heavy atom. The van der Waals surface area contributed by atoms with Crippen molar-refractivity contribution in [2.45, 2.75) is 36.6 Å². The number of hydrogen-bond acceptors (Lipinski definition) is 7. The predicted octanol–water partition coefficient (Wildman–Crippen LogP) is -1.55. The molecule has 1 aromatic rings. The highest BCUT2D eigenvalue weighted by molar-refractivity contribution is 5.79. The molecule has 1 amide bonds. The van der Waals surface area contributed by atoms with Crippen molar-refractivity contribution in [2.75, 3.05) is 0 Å². The Morgan fingerprint density at radius 2 is 2.00 bits per heavy atom. The number of nitrogens with two attached hydrogens (primary N) is 1. The molecule has 0 aromatic heterocycles. The third-order valence-corrected chi connectivity index (χ3v) is 3.61. The molecule has 0 spiro atoms. The fourth-order valence-electron chi connectivity index (χ4n) is 2.29. The predicted molar refractivity (Wildman–Crippen MR) is 78.8 cm³/mol. The van der Waals surface area contributed by atoms with Crippen LogP contribution in [0.5, 0.6) is 5.75 Å². The van der Waals surface area contributed by atoms with Crippen molar-refractivity contribution >= 4 is 12.0 Å². The van der Waals surface area contributed by atoms with Gasteiger partial charge >= 0.3 is 0 Å². The van der Waals surface area contributed by atoms with Crippen molar-refractivity contribution in [3.8, 4) is 5.75 Å². The van der Waals surface area contributed by atoms with Gasteiger partial charge in [-0.2, -0.15) is 0 Å². The van der Waals surface area contributed by atoms with E-state index < -0.39 is 42.5 Å². The van der Waals surface area contributed by atoms with Crippen molar-refractivity contribution in [3.63, 3.8) is 0 Å². The summed E-state index contributed by atoms with van der Waals surface area (Å²) in [5, 5.41) is 49.4. The lowest BCUT2D eigenvalue weighted by Crippen LogP contribution is -2.66. The quantitative estimate of drug-likeness (QED) is 0.391. The molecule has 0 bridgehead atoms. The number of carbonyl (C=O) groups is 1. The number of carbonyl (C=O) groups excluding carboxylic acids is 1. The molecule has 1 fully saturated rings. The molecule has 1 aliphatic heterocycles. The van der Waals surface area contributed by atoms with E-state index in [1.54, 1.807) is 12.1 Å². The minimum absolute atomic E-state index is 0.152. The summed E-state index contributed by atoms with van der Waals surface area (Å²) < 4.78 is 12.9. The maximum Gasteiger partial charge on any atom is 0.249 e. The van der Waals surface area contributed by atoms with Gasteiger partial charge in [0.25, 0.3) is 0 Å². The van der Waals surface area contributed by atoms with Gasteiger partial charge in [0.15, 0.2) is 11.9 Å². The van der Waals surface area contributed by atoms with E-state index >= 15 is 0 Å². The maximum absolute atomic E-state index is 11.3. The van der Waals surface area contributed by atoms with E-state index in [4.69, 9.17) is 11.8 Å². The third kappa shape index (κ3) is 3.52. The average Bonchev–Trinajstić information content (AvgIpc) is 2.54. The Morgan fingerprint density at radius 3 is 2.61 bits per heavy atom. The summed E-state index contributed by atoms with van der Waals surface area (Å²) >= 11 is 0. The molecular formula is C15H19NO7. The first-order valence-corrected chi connectivity index (χ1v) is 6.86. The molecule has 8 nitrogen and oxygen atoms in total. The van der Waals surface area contributed by atoms with Crippen LogP contribution < -0.4 is 5.73 Å². The Kier molecular flexibility index (Phi) is 4.60. The van der Waals surface area contributed by atoms with Crippen molar-refractivity contribution in [1.29, 1.82) is 0 Å². The van der Waals surface area contributed by atoms with Gasteiger partial charge in [0.1, 0.15) is 24.1 Å². The van der Waals surface area contributed by atoms with Crippen LogP contribution in [0, 0.1) is 0 Å². The zero-order valence-corrected chi connectivity index (χ0v) is 12.0. The molecule has 0 aliphatic carbocycles. The second-order valence-electron chi connectivity index (χ2n) is 5.28. The number of aliphatic hydroxyl groups excluding tert-OH is 3. The fraction of sp³-hybridized carbons (Fsp3) is 0.400. The normalized spacial score (nSPS) is 35.7. The highest BCUT2D eigenvalue weighted by atomic mass is 16.7. The second kappa shape index (κ2) is 6.65. The smallest absolute Gasteiger partial charge is 0.249 e. The fourth-order valence-corrected chi connectivity index (χ4v) is 2.29. The average molecular weight is 326 g/mol. The number of phenolic OH excluding ortho intramolecular Hbond substituents is 1. The Hall–Kier alpha value is -1.97. The van der Waals surface area contributed by atoms with Crippen molar-refractivity contribution in [2.24, 2.45) is 5.73 Å². The number of rotatable bonds is 4. The molecule has 8 heteroatoms. The first kappa shape index (κ1) is 15.9. The van der Waals surface area contributed by atoms with Crippen LogP contribution in [0.3, 0.4) is 0 Å². The molecule has 0 saturated carbocycles. The molecule has 1 heterocycles. The minimum Gasteiger partial charge on any atom is -0.507 e. The SMILES string of the molecule is [2H]/C(=C\CC1(O)O[C@H](C(N)=O)[C@@H](O)[C@H](O)[C@H]1O)c1ccccc1O. The number of phenols is 1. The minimum atomic E-state index is -2.44. The van der Waals surface area contributed by atoms with E-state index in [2.05, 4.69) is 0 Å². The van der Waals surface area contributed by atoms with Gasteiger partial charge in [-0.25, -0.2) is 0 Å². The summed E-state index contributed by atoms with van der Waals surface area (Å²) in [6, 6.07) is 5.85. The molecule has 5 atom stereocenters. The first-order chi connectivity index (χ1) is 11.2. The summed E-state index contributed by atoms with van der Waals surface area (Å²) in [5.74, 6) is -3.71. The summed E-state index contributed by atoms with van der Waals surface area (Å²) in [4.78, 5) is 11.3. The van der Waals surface area contributed by atoms with Crippen LogP contribution in [0.25, 0.3) is 6.05 Å². The second-order valence-corrected chi connectivity index (χ2v) is 5.28. The lowest BCUT2D eigenvalue weighted by atomic mass is 9.90. The standard InChI is InChI=1S/C15H19NO7/c16-14(21)12-10(18)11(19)13(20)15(22,23-12)7-3-5-8-4-1-2-6-9(8)17/h1-6,10-13,17-20,22H,7H2,(H2,16,21)/b5-3+/t10-,11-,12-,13+,15?/m0/s1/i5D. The van der Waals surface area contributed by atoms with Crippen LogP contribution in [-0.2, 0) is 9.53 Å². The van der Waals surface area contributed by atoms with Crippen LogP contribution in [0.1, 0.15) is 13.4 Å². The van der Waals surface area contributed by atoms with Crippen LogP contribution in [0.2, 0.25) is 0 Å². The van der Waals surface area contributed by atoms with Crippen LogP contribution in [-0.4, -0.2) is 61.6 Å². The largest absolute Gasteiger partial charge is 0.507 e. The van der Waals surface area contributed by atoms with Gasteiger partial charge in [0, 0.05) is 12.0 Å². The van der Waals surface area contributed by atoms with Gasteiger partial charge in [0.2, 0.25) is 5.91 Å². The molecule has 1 aliphatic rings. The molecule has 2 rings (SSSR count). The van der Waals surface area contributed by atoms with Crippen molar-refractivity contribution < 1.29 is 36.4 Å². The maximum atomic E-state index is 11.3. The van der Waals surface area contributed by atoms with E-state index in [0.29, 0.717) is 0 Å². The molecule has 1 saturated heterocycles. The van der Waals surface area contributed by atoms with Gasteiger partial charge in [0.05, 0.1) is 1.37 Å². The topological polar surface area (TPSA) is 153 Å². The van der Waals surface area contributed by atoms with Gasteiger partial charge in [-0.15, -0.1) is 0 Å². The molecular weight excluding hydrogens is 306 g/mol. The molecule has 1 unspecified atom stereocenters. The van der Waals surface area contributed by atoms with E-state index in [-0.39, 0.29) is 17.4 Å². The summed E-state index contributed by atoms with van der Waals surface area (Å²) in [6.07, 6.45) is -6.67. The molecule has 126 valence electrons. The van der Waals surface area contributed by atoms with E-state index in [0.717, 1.165) is 6.08 Å². The Balaban J connectivity index is 2.24. The molecule has 7 N–H and O–H groups in total. The number of benzene rings is 1. The highest BCUT2D eigenvalue weighted by Crippen LogP contribution is 2.31. The monoisotopic (exact) mass is 326 g/mol. The number of aromatic hydroxyl groups is 1. The highest BCUT2D eigenvalue weighted by Gasteiger charge is 2.53. The number of primary amides is 1. The third-order valence-electron chi connectivity index (χ3n) is 3.61. The summed E-state index contributed by atoms with van der Waals surface area (Å²) in [6.45, 7) is 0. The van der Waals surface area contributed by atoms with E-state index in [1.807, 2.05) is 0 Å². The zero-order chi connectivity index (χ0) is 18.1. The van der Waals surface area contributed by atoms with Gasteiger partial charge in [-0.3, -0.25) is 4.79 Å². The molecule has 0 radical (unpaired) electrons. The lowest BCUT2D eigenvalue weighted by molar-refractivity contribution is -0.336. The van der Waals surface area contributed by atoms with Crippen LogP contribution in [0.15, 0.2) is 30.3 Å². The van der Waals surface area contributed by atoms with Gasteiger partial charge in [-0.1, -0.05) is 30.3 Å². The lowest BCUT2D eigenvalue weighted by Gasteiger charge is -2.44. The van der Waals surface area contributed by atoms with Gasteiger partial charge < -0.3 is 36.0 Å². The Bertz CT molecular complexity index is 652. The van der Waals surface area contributed by atoms with Crippen LogP contribution >= 0.6 is 0 Å². The van der Waals surface area contributed by atoms with Crippen molar-refractivity contribution in [1.82, 2.24) is 0 Å². The Labute approximate surface area is 133 Å². The number of para-hydroxylation sites is 1. The molecule has 1 aromatic carbocycles. The van der Waals surface area contributed by atoms with E-state index in [9.17, 15) is 30.3 Å². The molecule has 23 heavy (non-hydrogen) atoms. The zero-order valence-electron chi connectivity index (χ0n) is 13.0. The number of aliphatic hydroxyl groups is 4. The van der Waals surface area contributed by atoms with E-state index in [1.165, 1.54) is 12.1 Å². The van der Waals surface area contributed by atoms with Crippen LogP contribution in [0.4, 0.5) is 0 Å². The first-order valence-electron chi connectivity index (χ1n) is 7.36. The number of amides is 1. The summed E-state index contributed by atoms with van der Waals surface area (Å²) in [7, 11) is 0. The number of ether oxygens (including phenoxy) is 1. The number of hydrogen-bond donors (Lipinski definition) is 6. The summed E-state index contributed by atoms with van der Waals surface area (Å²) in [5.41, 5.74) is 5.22. The van der Waals surface area contributed by atoms with Crippen molar-refractivity contribution in [3.05, 3.63) is 35.9 Å². The van der Waals surface area contributed by atoms with Gasteiger partial charge in [-0.05, 0) is 6.07 Å².